The fraction of sp³-hybridized carbons (Fsp3) is 0.100. The van der Waals surface area contributed by atoms with Crippen LogP contribution in [0.1, 0.15) is 21.5 Å². The molecule has 0 spiro atoms. The molecule has 1 aromatic carbocycles. The molecule has 1 rings (SSSR count). The summed E-state index contributed by atoms with van der Waals surface area (Å²) in [5, 5.41) is 17.4. The van der Waals surface area contributed by atoms with E-state index in [1.165, 1.54) is 12.1 Å². The molecule has 0 unspecified atom stereocenters. The highest BCUT2D eigenvalue weighted by Crippen LogP contribution is 2.22. The first-order chi connectivity index (χ1) is 7.08. The van der Waals surface area contributed by atoms with Crippen molar-refractivity contribution >= 4 is 28.2 Å². The summed E-state index contributed by atoms with van der Waals surface area (Å²) in [7, 11) is 0. The zero-order valence-electron chi connectivity index (χ0n) is 7.53. The van der Waals surface area contributed by atoms with E-state index in [0.29, 0.717) is 21.9 Å². The van der Waals surface area contributed by atoms with Crippen molar-refractivity contribution in [3.8, 4) is 6.07 Å². The third-order valence-electron chi connectivity index (χ3n) is 1.80. The SMILES string of the molecule is N#Cc1cc(C=O)cc(Br)c1CC(=O)O. The molecule has 0 amide bonds. The van der Waals surface area contributed by atoms with Crippen molar-refractivity contribution < 1.29 is 14.7 Å². The smallest absolute Gasteiger partial charge is 0.307 e. The fourth-order valence-corrected chi connectivity index (χ4v) is 1.77. The summed E-state index contributed by atoms with van der Waals surface area (Å²) >= 11 is 3.13. The van der Waals surface area contributed by atoms with Gasteiger partial charge in [0.2, 0.25) is 0 Å². The van der Waals surface area contributed by atoms with Crippen molar-refractivity contribution in [2.75, 3.05) is 0 Å². The van der Waals surface area contributed by atoms with Crippen LogP contribution in [-0.4, -0.2) is 17.4 Å². The second kappa shape index (κ2) is 4.71. The first kappa shape index (κ1) is 11.4. The van der Waals surface area contributed by atoms with Gasteiger partial charge in [-0.1, -0.05) is 15.9 Å². The molecule has 1 N–H and O–H groups in total. The Morgan fingerprint density at radius 1 is 1.60 bits per heavy atom. The normalized spacial score (nSPS) is 9.33. The Morgan fingerprint density at radius 3 is 2.73 bits per heavy atom. The van der Waals surface area contributed by atoms with Crippen LogP contribution in [0.3, 0.4) is 0 Å². The number of carboxylic acids is 1. The molecule has 0 aliphatic heterocycles. The topological polar surface area (TPSA) is 78.2 Å². The highest BCUT2D eigenvalue weighted by molar-refractivity contribution is 9.10. The summed E-state index contributed by atoms with van der Waals surface area (Å²) in [4.78, 5) is 21.1. The maximum atomic E-state index is 10.5. The van der Waals surface area contributed by atoms with E-state index in [1.54, 1.807) is 0 Å². The van der Waals surface area contributed by atoms with Gasteiger partial charge in [-0.25, -0.2) is 0 Å². The van der Waals surface area contributed by atoms with E-state index in [4.69, 9.17) is 10.4 Å². The van der Waals surface area contributed by atoms with Gasteiger partial charge in [0, 0.05) is 10.0 Å². The van der Waals surface area contributed by atoms with E-state index in [2.05, 4.69) is 15.9 Å². The number of aldehydes is 1. The molecule has 0 aliphatic rings. The summed E-state index contributed by atoms with van der Waals surface area (Å²) in [6, 6.07) is 4.73. The maximum absolute atomic E-state index is 10.5. The Labute approximate surface area is 94.3 Å². The summed E-state index contributed by atoms with van der Waals surface area (Å²) < 4.78 is 0.464. The number of nitrogens with zero attached hydrogens (tertiary/aromatic N) is 1. The van der Waals surface area contributed by atoms with Gasteiger partial charge < -0.3 is 5.11 Å². The van der Waals surface area contributed by atoms with Crippen molar-refractivity contribution in [1.29, 1.82) is 5.26 Å². The van der Waals surface area contributed by atoms with E-state index in [0.717, 1.165) is 0 Å². The Balaban J connectivity index is 3.32. The van der Waals surface area contributed by atoms with Crippen LogP contribution in [0, 0.1) is 11.3 Å². The first-order valence-corrected chi connectivity index (χ1v) is 4.77. The van der Waals surface area contributed by atoms with Crippen LogP contribution in [0.25, 0.3) is 0 Å². The number of rotatable bonds is 3. The number of nitriles is 1. The maximum Gasteiger partial charge on any atom is 0.307 e. The molecule has 5 heteroatoms. The number of carboxylic acid groups (broad SMARTS) is 1. The van der Waals surface area contributed by atoms with E-state index in [9.17, 15) is 9.59 Å². The lowest BCUT2D eigenvalue weighted by Crippen LogP contribution is -2.04. The molecule has 1 aromatic rings. The molecular formula is C10H6BrNO3. The molecule has 0 bridgehead atoms. The minimum Gasteiger partial charge on any atom is -0.481 e. The van der Waals surface area contributed by atoms with Crippen molar-refractivity contribution in [3.63, 3.8) is 0 Å². The van der Waals surface area contributed by atoms with Crippen molar-refractivity contribution in [2.24, 2.45) is 0 Å². The molecule has 15 heavy (non-hydrogen) atoms. The van der Waals surface area contributed by atoms with Gasteiger partial charge >= 0.3 is 5.97 Å². The Morgan fingerprint density at radius 2 is 2.27 bits per heavy atom. The molecular weight excluding hydrogens is 262 g/mol. The van der Waals surface area contributed by atoms with Crippen LogP contribution in [0.2, 0.25) is 0 Å². The van der Waals surface area contributed by atoms with Crippen LogP contribution in [0.5, 0.6) is 0 Å². The Bertz CT molecular complexity index is 462. The van der Waals surface area contributed by atoms with Crippen LogP contribution in [-0.2, 0) is 11.2 Å². The lowest BCUT2D eigenvalue weighted by Gasteiger charge is -2.04. The van der Waals surface area contributed by atoms with Gasteiger partial charge in [0.05, 0.1) is 18.1 Å². The van der Waals surface area contributed by atoms with Gasteiger partial charge in [0.25, 0.3) is 0 Å². The van der Waals surface area contributed by atoms with Crippen LogP contribution in [0.15, 0.2) is 16.6 Å². The second-order valence-corrected chi connectivity index (χ2v) is 3.68. The number of hydrogen-bond acceptors (Lipinski definition) is 3. The monoisotopic (exact) mass is 267 g/mol. The molecule has 0 heterocycles. The van der Waals surface area contributed by atoms with Gasteiger partial charge in [-0.15, -0.1) is 0 Å². The third-order valence-corrected chi connectivity index (χ3v) is 2.51. The Hall–Kier alpha value is -1.67. The number of aliphatic carboxylic acids is 1. The number of carbonyl (C=O) groups excluding carboxylic acids is 1. The Kier molecular flexibility index (Phi) is 3.58. The fourth-order valence-electron chi connectivity index (χ4n) is 1.16. The van der Waals surface area contributed by atoms with Crippen LogP contribution < -0.4 is 0 Å². The number of halogens is 1. The molecule has 0 radical (unpaired) electrons. The summed E-state index contributed by atoms with van der Waals surface area (Å²) in [6.07, 6.45) is 0.360. The minimum absolute atomic E-state index is 0.203. The van der Waals surface area contributed by atoms with Gasteiger partial charge in [-0.3, -0.25) is 9.59 Å². The molecule has 0 atom stereocenters. The first-order valence-electron chi connectivity index (χ1n) is 3.98. The number of benzene rings is 1. The lowest BCUT2D eigenvalue weighted by atomic mass is 10.0. The van der Waals surface area contributed by atoms with Crippen molar-refractivity contribution in [1.82, 2.24) is 0 Å². The molecule has 4 nitrogen and oxygen atoms in total. The average Bonchev–Trinajstić information content (AvgIpc) is 2.20. The standard InChI is InChI=1S/C10H6BrNO3/c11-9-2-6(5-13)1-7(4-12)8(9)3-10(14)15/h1-2,5H,3H2,(H,14,15). The zero-order chi connectivity index (χ0) is 11.4. The number of carbonyl (C=O) groups is 2. The van der Waals surface area contributed by atoms with Gasteiger partial charge in [-0.2, -0.15) is 5.26 Å². The van der Waals surface area contributed by atoms with Gasteiger partial charge in [0.15, 0.2) is 0 Å². The molecule has 0 saturated carbocycles. The van der Waals surface area contributed by atoms with Crippen LogP contribution in [0.4, 0.5) is 0 Å². The summed E-state index contributed by atoms with van der Waals surface area (Å²) in [5.74, 6) is -1.02. The third kappa shape index (κ3) is 2.64. The molecule has 0 saturated heterocycles. The average molecular weight is 268 g/mol. The highest BCUT2D eigenvalue weighted by Gasteiger charge is 2.12. The highest BCUT2D eigenvalue weighted by atomic mass is 79.9. The minimum atomic E-state index is -1.02. The van der Waals surface area contributed by atoms with Gasteiger partial charge in [0.1, 0.15) is 6.29 Å². The van der Waals surface area contributed by atoms with Crippen molar-refractivity contribution in [2.45, 2.75) is 6.42 Å². The van der Waals surface area contributed by atoms with Crippen LogP contribution >= 0.6 is 15.9 Å². The van der Waals surface area contributed by atoms with Crippen molar-refractivity contribution in [3.05, 3.63) is 33.3 Å². The molecule has 0 fully saturated rings. The molecule has 76 valence electrons. The number of hydrogen-bond donors (Lipinski definition) is 1. The van der Waals surface area contributed by atoms with E-state index < -0.39 is 5.97 Å². The lowest BCUT2D eigenvalue weighted by molar-refractivity contribution is -0.136. The molecule has 0 aromatic heterocycles. The largest absolute Gasteiger partial charge is 0.481 e. The molecule has 0 aliphatic carbocycles. The zero-order valence-corrected chi connectivity index (χ0v) is 9.11. The second-order valence-electron chi connectivity index (χ2n) is 2.83. The van der Waals surface area contributed by atoms with E-state index >= 15 is 0 Å². The predicted octanol–water partition coefficient (Wildman–Crippen LogP) is 1.76. The summed E-state index contributed by atoms with van der Waals surface area (Å²) in [5.41, 5.74) is 0.928. The van der Waals surface area contributed by atoms with Gasteiger partial charge in [-0.05, 0) is 17.7 Å². The van der Waals surface area contributed by atoms with E-state index in [-0.39, 0.29) is 12.0 Å². The summed E-state index contributed by atoms with van der Waals surface area (Å²) in [6.45, 7) is 0. The quantitative estimate of drug-likeness (QED) is 0.847. The predicted molar refractivity (Wildman–Crippen MR) is 55.6 cm³/mol. The van der Waals surface area contributed by atoms with E-state index in [1.807, 2.05) is 6.07 Å².